The third kappa shape index (κ3) is 6.82. The molecular formula is C30H32ClN3O5. The van der Waals surface area contributed by atoms with Crippen LogP contribution in [-0.2, 0) is 44.9 Å². The minimum absolute atomic E-state index is 0.0874. The largest absolute Gasteiger partial charge is 0.379 e. The summed E-state index contributed by atoms with van der Waals surface area (Å²) in [5.41, 5.74) is 4.90. The van der Waals surface area contributed by atoms with Crippen LogP contribution in [0.15, 0.2) is 48.0 Å². The minimum Gasteiger partial charge on any atom is -0.379 e. The minimum atomic E-state index is -0.470. The molecule has 5 rings (SSSR count). The molecule has 0 bridgehead atoms. The number of carbonyl (C=O) groups is 4. The number of ether oxygens (including phenoxy) is 1. The van der Waals surface area contributed by atoms with Crippen molar-refractivity contribution in [3.63, 3.8) is 0 Å². The monoisotopic (exact) mass is 549 g/mol. The molecule has 8 nitrogen and oxygen atoms in total. The second kappa shape index (κ2) is 12.2. The lowest BCUT2D eigenvalue weighted by atomic mass is 9.94. The zero-order valence-corrected chi connectivity index (χ0v) is 22.5. The van der Waals surface area contributed by atoms with Crippen molar-refractivity contribution in [2.75, 3.05) is 32.8 Å². The van der Waals surface area contributed by atoms with Gasteiger partial charge in [0.2, 0.25) is 17.7 Å². The quantitative estimate of drug-likeness (QED) is 0.387. The maximum Gasteiger partial charge on any atom is 0.233 e. The molecule has 0 saturated carbocycles. The molecule has 2 N–H and O–H groups in total. The standard InChI is InChI=1S/C30H32ClN3O5/c31-26-14-19(1-3-21(26)7-8-34-9-11-39-12-10-34)15-28(36)32-18-20-2-5-25-23(13-20)17-24(29(25)37)16-22-4-6-27(35)33-30(22)38/h1-3,5,13-14,16,22H,4,6-12,15,17-18H2,(H,32,36)(H,33,35,38)/b24-16+. The molecule has 3 amide bonds. The van der Waals surface area contributed by atoms with E-state index in [0.29, 0.717) is 35.5 Å². The number of benzene rings is 2. The van der Waals surface area contributed by atoms with Gasteiger partial charge in [0.15, 0.2) is 5.78 Å². The van der Waals surface area contributed by atoms with Gasteiger partial charge in [-0.15, -0.1) is 0 Å². The first-order chi connectivity index (χ1) is 18.9. The van der Waals surface area contributed by atoms with E-state index in [1.54, 1.807) is 12.1 Å². The van der Waals surface area contributed by atoms with Crippen molar-refractivity contribution in [1.82, 2.24) is 15.5 Å². The van der Waals surface area contributed by atoms with Gasteiger partial charge in [0, 0.05) is 55.2 Å². The Morgan fingerprint density at radius 2 is 1.90 bits per heavy atom. The van der Waals surface area contributed by atoms with Crippen molar-refractivity contribution < 1.29 is 23.9 Å². The van der Waals surface area contributed by atoms with Gasteiger partial charge in [-0.1, -0.05) is 48.0 Å². The van der Waals surface area contributed by atoms with Gasteiger partial charge in [-0.25, -0.2) is 0 Å². The molecule has 39 heavy (non-hydrogen) atoms. The zero-order chi connectivity index (χ0) is 27.4. The van der Waals surface area contributed by atoms with Crippen LogP contribution in [0.4, 0.5) is 0 Å². The highest BCUT2D eigenvalue weighted by molar-refractivity contribution is 6.31. The molecule has 2 aliphatic heterocycles. The molecule has 2 heterocycles. The summed E-state index contributed by atoms with van der Waals surface area (Å²) < 4.78 is 5.39. The van der Waals surface area contributed by atoms with Crippen molar-refractivity contribution >= 4 is 35.1 Å². The van der Waals surface area contributed by atoms with Crippen LogP contribution in [0.3, 0.4) is 0 Å². The summed E-state index contributed by atoms with van der Waals surface area (Å²) in [7, 11) is 0. The van der Waals surface area contributed by atoms with Gasteiger partial charge in [-0.3, -0.25) is 29.4 Å². The van der Waals surface area contributed by atoms with E-state index < -0.39 is 5.92 Å². The molecule has 2 aromatic carbocycles. The lowest BCUT2D eigenvalue weighted by molar-refractivity contribution is -0.135. The highest BCUT2D eigenvalue weighted by Gasteiger charge is 2.30. The van der Waals surface area contributed by atoms with Crippen molar-refractivity contribution in [3.05, 3.63) is 80.9 Å². The number of fused-ring (bicyclic) bond motifs is 1. The predicted molar refractivity (Wildman–Crippen MR) is 146 cm³/mol. The number of hydrogen-bond acceptors (Lipinski definition) is 6. The molecule has 2 fully saturated rings. The fourth-order valence-corrected chi connectivity index (χ4v) is 5.58. The van der Waals surface area contributed by atoms with Crippen LogP contribution >= 0.6 is 11.6 Å². The molecule has 1 atom stereocenters. The Balaban J connectivity index is 1.13. The first-order valence-corrected chi connectivity index (χ1v) is 13.8. The Morgan fingerprint density at radius 3 is 2.67 bits per heavy atom. The van der Waals surface area contributed by atoms with Gasteiger partial charge in [0.1, 0.15) is 0 Å². The summed E-state index contributed by atoms with van der Waals surface area (Å²) in [4.78, 5) is 51.3. The summed E-state index contributed by atoms with van der Waals surface area (Å²) >= 11 is 6.51. The van der Waals surface area contributed by atoms with E-state index in [9.17, 15) is 19.2 Å². The van der Waals surface area contributed by atoms with Crippen molar-refractivity contribution in [2.24, 2.45) is 5.92 Å². The van der Waals surface area contributed by atoms with Crippen LogP contribution in [0.2, 0.25) is 5.02 Å². The number of imide groups is 1. The maximum atomic E-state index is 12.8. The lowest BCUT2D eigenvalue weighted by Gasteiger charge is -2.26. The van der Waals surface area contributed by atoms with Crippen molar-refractivity contribution in [1.29, 1.82) is 0 Å². The molecule has 0 spiro atoms. The number of carbonyl (C=O) groups excluding carboxylic acids is 4. The SMILES string of the molecule is O=C(Cc1ccc(CCN2CCOCC2)c(Cl)c1)NCc1ccc2c(c1)C/C(=C\C1CCC(=O)NC1=O)C2=O. The maximum absolute atomic E-state index is 12.8. The molecule has 2 saturated heterocycles. The molecule has 0 radical (unpaired) electrons. The van der Waals surface area contributed by atoms with Gasteiger partial charge in [0.25, 0.3) is 0 Å². The molecule has 1 unspecified atom stereocenters. The summed E-state index contributed by atoms with van der Waals surface area (Å²) in [5.74, 6) is -1.29. The lowest BCUT2D eigenvalue weighted by Crippen LogP contribution is -2.40. The molecule has 204 valence electrons. The Hall–Kier alpha value is -3.33. The smallest absolute Gasteiger partial charge is 0.233 e. The molecular weight excluding hydrogens is 518 g/mol. The van der Waals surface area contributed by atoms with Crippen LogP contribution in [0.1, 0.15) is 45.5 Å². The second-order valence-corrected chi connectivity index (χ2v) is 10.7. The number of nitrogens with one attached hydrogen (secondary N) is 2. The van der Waals surface area contributed by atoms with Gasteiger partial charge in [-0.05, 0) is 41.2 Å². The van der Waals surface area contributed by atoms with E-state index in [2.05, 4.69) is 15.5 Å². The normalized spacial score (nSPS) is 20.7. The van der Waals surface area contributed by atoms with Crippen LogP contribution in [0, 0.1) is 5.92 Å². The number of halogens is 1. The van der Waals surface area contributed by atoms with E-state index in [-0.39, 0.29) is 36.3 Å². The number of ketones is 1. The topological polar surface area (TPSA) is 105 Å². The molecule has 1 aliphatic carbocycles. The molecule has 2 aromatic rings. The number of nitrogens with zero attached hydrogens (tertiary/aromatic N) is 1. The van der Waals surface area contributed by atoms with Crippen molar-refractivity contribution in [2.45, 2.75) is 38.6 Å². The first kappa shape index (κ1) is 27.2. The third-order valence-corrected chi connectivity index (χ3v) is 7.90. The van der Waals surface area contributed by atoms with Crippen LogP contribution < -0.4 is 10.6 Å². The Bertz CT molecular complexity index is 1330. The van der Waals surface area contributed by atoms with E-state index >= 15 is 0 Å². The summed E-state index contributed by atoms with van der Waals surface area (Å²) in [6.45, 7) is 4.70. The van der Waals surface area contributed by atoms with Crippen molar-refractivity contribution in [3.8, 4) is 0 Å². The predicted octanol–water partition coefficient (Wildman–Crippen LogP) is 2.79. The van der Waals surface area contributed by atoms with Crippen LogP contribution in [0.5, 0.6) is 0 Å². The van der Waals surface area contributed by atoms with Gasteiger partial charge in [-0.2, -0.15) is 0 Å². The first-order valence-electron chi connectivity index (χ1n) is 13.4. The highest BCUT2D eigenvalue weighted by atomic mass is 35.5. The fraction of sp³-hybridized carbons (Fsp3) is 0.400. The number of rotatable bonds is 8. The number of hydrogen-bond donors (Lipinski definition) is 2. The Kier molecular flexibility index (Phi) is 8.55. The Morgan fingerprint density at radius 1 is 1.10 bits per heavy atom. The van der Waals surface area contributed by atoms with Gasteiger partial charge < -0.3 is 10.1 Å². The van der Waals surface area contributed by atoms with Crippen LogP contribution in [0.25, 0.3) is 0 Å². The molecule has 9 heteroatoms. The van der Waals surface area contributed by atoms with Gasteiger partial charge >= 0.3 is 0 Å². The number of piperidine rings is 1. The molecule has 0 aromatic heterocycles. The van der Waals surface area contributed by atoms with Gasteiger partial charge in [0.05, 0.1) is 25.6 Å². The van der Waals surface area contributed by atoms with E-state index in [0.717, 1.165) is 61.5 Å². The summed E-state index contributed by atoms with van der Waals surface area (Å²) in [6, 6.07) is 11.4. The number of amides is 3. The van der Waals surface area contributed by atoms with Crippen LogP contribution in [-0.4, -0.2) is 61.3 Å². The fourth-order valence-electron chi connectivity index (χ4n) is 5.29. The number of Topliss-reactive ketones (excluding diaryl/α,β-unsaturated/α-hetero) is 1. The summed E-state index contributed by atoms with van der Waals surface area (Å²) in [5, 5.41) is 5.96. The zero-order valence-electron chi connectivity index (χ0n) is 21.8. The average molecular weight is 550 g/mol. The van der Waals surface area contributed by atoms with E-state index in [1.807, 2.05) is 30.3 Å². The number of allylic oxidation sites excluding steroid dienone is 1. The highest BCUT2D eigenvalue weighted by Crippen LogP contribution is 2.29. The van der Waals surface area contributed by atoms with E-state index in [4.69, 9.17) is 16.3 Å². The third-order valence-electron chi connectivity index (χ3n) is 7.54. The second-order valence-electron chi connectivity index (χ2n) is 10.3. The molecule has 3 aliphatic rings. The number of morpholine rings is 1. The average Bonchev–Trinajstić information content (AvgIpc) is 3.23. The summed E-state index contributed by atoms with van der Waals surface area (Å²) in [6.07, 6.45) is 3.91. The van der Waals surface area contributed by atoms with E-state index in [1.165, 1.54) is 0 Å². The Labute approximate surface area is 232 Å².